The van der Waals surface area contributed by atoms with Gasteiger partial charge in [0.1, 0.15) is 5.82 Å². The number of nitrogens with one attached hydrogen (secondary N) is 2. The molecule has 7 nitrogen and oxygen atoms in total. The van der Waals surface area contributed by atoms with E-state index in [2.05, 4.69) is 31.5 Å². The smallest absolute Gasteiger partial charge is 0.307 e. The zero-order valence-corrected chi connectivity index (χ0v) is 12.5. The van der Waals surface area contributed by atoms with E-state index in [1.54, 1.807) is 25.1 Å². The molecule has 108 valence electrons. The minimum atomic E-state index is -0.525. The molecule has 0 fully saturated rings. The number of non-ortho nitro benzene ring substituents is 1. The van der Waals surface area contributed by atoms with E-state index >= 15 is 0 Å². The van der Waals surface area contributed by atoms with Crippen molar-refractivity contribution >= 4 is 39.2 Å². The third-order valence-electron chi connectivity index (χ3n) is 2.58. The molecule has 0 atom stereocenters. The Hall–Kier alpha value is -2.48. The van der Waals surface area contributed by atoms with Crippen LogP contribution in [0.5, 0.6) is 0 Å². The number of urea groups is 1. The second-order valence-electron chi connectivity index (χ2n) is 4.15. The molecule has 1 aromatic heterocycles. The Balaban J connectivity index is 2.06. The Kier molecular flexibility index (Phi) is 4.49. The van der Waals surface area contributed by atoms with E-state index in [4.69, 9.17) is 0 Å². The molecule has 0 spiro atoms. The minimum Gasteiger partial charge on any atom is -0.307 e. The van der Waals surface area contributed by atoms with Crippen molar-refractivity contribution in [1.82, 2.24) is 4.98 Å². The Morgan fingerprint density at radius 1 is 1.29 bits per heavy atom. The number of benzene rings is 1. The van der Waals surface area contributed by atoms with Gasteiger partial charge in [-0.3, -0.25) is 15.4 Å². The summed E-state index contributed by atoms with van der Waals surface area (Å²) in [6.07, 6.45) is 0. The topological polar surface area (TPSA) is 97.2 Å². The summed E-state index contributed by atoms with van der Waals surface area (Å²) >= 11 is 3.32. The summed E-state index contributed by atoms with van der Waals surface area (Å²) in [5, 5.41) is 15.7. The van der Waals surface area contributed by atoms with Crippen molar-refractivity contribution in [2.24, 2.45) is 0 Å². The Morgan fingerprint density at radius 2 is 2.05 bits per heavy atom. The van der Waals surface area contributed by atoms with Crippen LogP contribution < -0.4 is 10.6 Å². The SMILES string of the molecule is Cc1nc(NC(=O)Nc2cccc([N+](=O)[O-])c2)ccc1Br. The lowest BCUT2D eigenvalue weighted by atomic mass is 10.3. The predicted molar refractivity (Wildman–Crippen MR) is 82.4 cm³/mol. The van der Waals surface area contributed by atoms with Crippen LogP contribution in [0.1, 0.15) is 5.69 Å². The largest absolute Gasteiger partial charge is 0.324 e. The van der Waals surface area contributed by atoms with Gasteiger partial charge in [0.05, 0.1) is 10.6 Å². The van der Waals surface area contributed by atoms with Gasteiger partial charge in [-0.1, -0.05) is 6.07 Å². The molecular formula is C13H11BrN4O3. The van der Waals surface area contributed by atoms with Crippen LogP contribution in [0.3, 0.4) is 0 Å². The number of aryl methyl sites for hydroxylation is 1. The quantitative estimate of drug-likeness (QED) is 0.651. The van der Waals surface area contributed by atoms with Gasteiger partial charge in [0.15, 0.2) is 0 Å². The van der Waals surface area contributed by atoms with Crippen molar-refractivity contribution in [1.29, 1.82) is 0 Å². The zero-order chi connectivity index (χ0) is 15.4. The number of nitro benzene ring substituents is 1. The van der Waals surface area contributed by atoms with Gasteiger partial charge in [-0.25, -0.2) is 9.78 Å². The van der Waals surface area contributed by atoms with Crippen LogP contribution in [-0.2, 0) is 0 Å². The minimum absolute atomic E-state index is 0.0922. The highest BCUT2D eigenvalue weighted by Crippen LogP contribution is 2.18. The third kappa shape index (κ3) is 3.99. The molecule has 0 unspecified atom stereocenters. The summed E-state index contributed by atoms with van der Waals surface area (Å²) in [7, 11) is 0. The summed E-state index contributed by atoms with van der Waals surface area (Å²) < 4.78 is 0.840. The highest BCUT2D eigenvalue weighted by Gasteiger charge is 2.09. The second kappa shape index (κ2) is 6.31. The molecule has 2 aromatic rings. The normalized spacial score (nSPS) is 10.0. The Labute approximate surface area is 128 Å². The number of amides is 2. The first-order valence-corrected chi connectivity index (χ1v) is 6.70. The summed E-state index contributed by atoms with van der Waals surface area (Å²) in [6.45, 7) is 1.80. The number of aromatic nitrogens is 1. The highest BCUT2D eigenvalue weighted by molar-refractivity contribution is 9.10. The van der Waals surface area contributed by atoms with Crippen molar-refractivity contribution in [3.8, 4) is 0 Å². The maximum absolute atomic E-state index is 11.8. The van der Waals surface area contributed by atoms with Crippen molar-refractivity contribution in [3.63, 3.8) is 0 Å². The molecular weight excluding hydrogens is 340 g/mol. The van der Waals surface area contributed by atoms with Gasteiger partial charge in [0.25, 0.3) is 5.69 Å². The summed E-state index contributed by atoms with van der Waals surface area (Å²) in [6, 6.07) is 8.57. The maximum Gasteiger partial charge on any atom is 0.324 e. The number of anilines is 2. The van der Waals surface area contributed by atoms with Crippen molar-refractivity contribution in [3.05, 3.63) is 56.7 Å². The fraction of sp³-hybridized carbons (Fsp3) is 0.0769. The molecule has 0 aliphatic carbocycles. The van der Waals surface area contributed by atoms with Crippen LogP contribution in [-0.4, -0.2) is 15.9 Å². The molecule has 2 amide bonds. The molecule has 21 heavy (non-hydrogen) atoms. The Bertz CT molecular complexity index is 706. The average Bonchev–Trinajstić information content (AvgIpc) is 2.43. The monoisotopic (exact) mass is 350 g/mol. The zero-order valence-electron chi connectivity index (χ0n) is 11.0. The Morgan fingerprint density at radius 3 is 2.71 bits per heavy atom. The number of nitrogens with zero attached hydrogens (tertiary/aromatic N) is 2. The standard InChI is InChI=1S/C13H11BrN4O3/c1-8-11(14)5-6-12(15-8)17-13(19)16-9-3-2-4-10(7-9)18(20)21/h2-7H,1H3,(H2,15,16,17,19). The van der Waals surface area contributed by atoms with Gasteiger partial charge in [-0.2, -0.15) is 0 Å². The first-order chi connectivity index (χ1) is 9.95. The van der Waals surface area contributed by atoms with Gasteiger partial charge >= 0.3 is 6.03 Å². The molecule has 2 N–H and O–H groups in total. The molecule has 0 radical (unpaired) electrons. The number of hydrogen-bond donors (Lipinski definition) is 2. The number of hydrogen-bond acceptors (Lipinski definition) is 4. The van der Waals surface area contributed by atoms with Crippen LogP contribution in [0, 0.1) is 17.0 Å². The van der Waals surface area contributed by atoms with Gasteiger partial charge in [0, 0.05) is 22.3 Å². The van der Waals surface area contributed by atoms with E-state index in [1.807, 2.05) is 0 Å². The lowest BCUT2D eigenvalue weighted by Gasteiger charge is -2.08. The van der Waals surface area contributed by atoms with Crippen LogP contribution in [0.2, 0.25) is 0 Å². The van der Waals surface area contributed by atoms with Crippen LogP contribution >= 0.6 is 15.9 Å². The number of carbonyl (C=O) groups excluding carboxylic acids is 1. The van der Waals surface area contributed by atoms with Crippen molar-refractivity contribution in [2.45, 2.75) is 6.92 Å². The number of carbonyl (C=O) groups is 1. The molecule has 0 bridgehead atoms. The third-order valence-corrected chi connectivity index (χ3v) is 3.42. The van der Waals surface area contributed by atoms with E-state index in [1.165, 1.54) is 18.2 Å². The number of nitro groups is 1. The average molecular weight is 351 g/mol. The molecule has 0 saturated carbocycles. The molecule has 8 heteroatoms. The van der Waals surface area contributed by atoms with E-state index in [-0.39, 0.29) is 5.69 Å². The lowest BCUT2D eigenvalue weighted by Crippen LogP contribution is -2.20. The molecule has 0 aliphatic rings. The first kappa shape index (κ1) is 14.9. The van der Waals surface area contributed by atoms with Gasteiger partial charge in [0.2, 0.25) is 0 Å². The summed E-state index contributed by atoms with van der Waals surface area (Å²) in [5.74, 6) is 0.388. The van der Waals surface area contributed by atoms with Gasteiger partial charge in [-0.15, -0.1) is 0 Å². The van der Waals surface area contributed by atoms with Gasteiger partial charge in [-0.05, 0) is 41.1 Å². The van der Waals surface area contributed by atoms with Crippen molar-refractivity contribution in [2.75, 3.05) is 10.6 Å². The maximum atomic E-state index is 11.8. The highest BCUT2D eigenvalue weighted by atomic mass is 79.9. The summed E-state index contributed by atoms with van der Waals surface area (Å²) in [5.41, 5.74) is 0.976. The molecule has 1 heterocycles. The van der Waals surface area contributed by atoms with E-state index < -0.39 is 11.0 Å². The predicted octanol–water partition coefficient (Wildman–Crippen LogP) is 3.70. The van der Waals surface area contributed by atoms with Gasteiger partial charge < -0.3 is 5.32 Å². The second-order valence-corrected chi connectivity index (χ2v) is 5.00. The van der Waals surface area contributed by atoms with E-state index in [9.17, 15) is 14.9 Å². The molecule has 1 aromatic carbocycles. The van der Waals surface area contributed by atoms with Crippen molar-refractivity contribution < 1.29 is 9.72 Å². The van der Waals surface area contributed by atoms with Crippen LogP contribution in [0.25, 0.3) is 0 Å². The lowest BCUT2D eigenvalue weighted by molar-refractivity contribution is -0.384. The fourth-order valence-electron chi connectivity index (χ4n) is 1.59. The van der Waals surface area contributed by atoms with E-state index in [0.717, 1.165) is 10.2 Å². The summed E-state index contributed by atoms with van der Waals surface area (Å²) in [4.78, 5) is 26.1. The molecule has 0 saturated heterocycles. The number of rotatable bonds is 3. The number of halogens is 1. The fourth-order valence-corrected chi connectivity index (χ4v) is 1.81. The molecule has 2 rings (SSSR count). The first-order valence-electron chi connectivity index (χ1n) is 5.91. The molecule has 0 aliphatic heterocycles. The van der Waals surface area contributed by atoms with Crippen LogP contribution in [0.15, 0.2) is 40.9 Å². The van der Waals surface area contributed by atoms with E-state index in [0.29, 0.717) is 11.5 Å². The van der Waals surface area contributed by atoms with Crippen LogP contribution in [0.4, 0.5) is 22.0 Å². The number of pyridine rings is 1.